The van der Waals surface area contributed by atoms with Gasteiger partial charge in [-0.05, 0) is 30.4 Å². The van der Waals surface area contributed by atoms with Crippen LogP contribution in [0.5, 0.6) is 0 Å². The Labute approximate surface area is 206 Å². The number of carbonyl (C=O) groups is 2. The summed E-state index contributed by atoms with van der Waals surface area (Å²) in [6, 6.07) is 11.8. The standard InChI is InChI=1S/C25H25FN6O4/c26-21-16(14-36-25(35)31-23(27)28)4-3-7-19(21)17-12-29-24(30-13-17)32-10-8-15(9-11-32)18-5-1-2-6-20(18)22(33)34/h1-7,12-13,15H,8-11,14H2,(H,33,34)(H4,27,28,31,35). The van der Waals surface area contributed by atoms with Crippen molar-refractivity contribution in [3.8, 4) is 11.1 Å². The molecule has 186 valence electrons. The third kappa shape index (κ3) is 5.57. The van der Waals surface area contributed by atoms with Crippen LogP contribution in [0.1, 0.15) is 40.2 Å². The number of carboxylic acid groups (broad SMARTS) is 1. The largest absolute Gasteiger partial charge is 0.478 e. The van der Waals surface area contributed by atoms with Crippen molar-refractivity contribution in [2.24, 2.45) is 5.73 Å². The van der Waals surface area contributed by atoms with Gasteiger partial charge in [0, 0.05) is 42.2 Å². The topological polar surface area (TPSA) is 155 Å². The number of rotatable bonds is 6. The van der Waals surface area contributed by atoms with Gasteiger partial charge >= 0.3 is 12.1 Å². The number of hydrogen-bond acceptors (Lipinski definition) is 7. The molecule has 0 atom stereocenters. The molecular formula is C25H25FN6O4. The van der Waals surface area contributed by atoms with Gasteiger partial charge in [-0.2, -0.15) is 0 Å². The summed E-state index contributed by atoms with van der Waals surface area (Å²) >= 11 is 0. The molecular weight excluding hydrogens is 467 g/mol. The molecule has 0 bridgehead atoms. The predicted octanol–water partition coefficient (Wildman–Crippen LogP) is 3.48. The van der Waals surface area contributed by atoms with Crippen LogP contribution >= 0.6 is 0 Å². The Kier molecular flexibility index (Phi) is 7.38. The lowest BCUT2D eigenvalue weighted by Gasteiger charge is -2.32. The summed E-state index contributed by atoms with van der Waals surface area (Å²) in [6.45, 7) is 1.00. The Morgan fingerprint density at radius 1 is 1.14 bits per heavy atom. The number of hydrogen-bond donors (Lipinski definition) is 4. The first-order chi connectivity index (χ1) is 17.3. The molecule has 0 radical (unpaired) electrons. The van der Waals surface area contributed by atoms with E-state index in [0.29, 0.717) is 30.2 Å². The Morgan fingerprint density at radius 3 is 2.50 bits per heavy atom. The Hall–Kier alpha value is -4.54. The van der Waals surface area contributed by atoms with E-state index in [1.165, 1.54) is 6.07 Å². The van der Waals surface area contributed by atoms with Gasteiger partial charge in [-0.3, -0.25) is 10.7 Å². The lowest BCUT2D eigenvalue weighted by Crippen LogP contribution is -2.36. The number of ether oxygens (including phenoxy) is 1. The second-order valence-corrected chi connectivity index (χ2v) is 8.32. The first kappa shape index (κ1) is 24.6. The zero-order chi connectivity index (χ0) is 25.7. The molecule has 1 amide bonds. The van der Waals surface area contributed by atoms with Crippen LogP contribution in [-0.4, -0.2) is 46.2 Å². The zero-order valence-corrected chi connectivity index (χ0v) is 19.3. The van der Waals surface area contributed by atoms with Crippen LogP contribution in [0.3, 0.4) is 0 Å². The first-order valence-electron chi connectivity index (χ1n) is 11.3. The van der Waals surface area contributed by atoms with Crippen LogP contribution in [0.15, 0.2) is 54.9 Å². The van der Waals surface area contributed by atoms with E-state index >= 15 is 4.39 Å². The van der Waals surface area contributed by atoms with Crippen LogP contribution in [0.25, 0.3) is 11.1 Å². The minimum absolute atomic E-state index is 0.143. The highest BCUT2D eigenvalue weighted by Crippen LogP contribution is 2.32. The maximum Gasteiger partial charge on any atom is 0.414 e. The fraction of sp³-hybridized carbons (Fsp3) is 0.240. The lowest BCUT2D eigenvalue weighted by molar-refractivity contribution is 0.0694. The molecule has 2 aromatic carbocycles. The van der Waals surface area contributed by atoms with Crippen LogP contribution in [0.2, 0.25) is 0 Å². The molecule has 2 heterocycles. The van der Waals surface area contributed by atoms with E-state index in [2.05, 4.69) is 9.97 Å². The van der Waals surface area contributed by atoms with E-state index in [0.717, 1.165) is 18.4 Å². The highest BCUT2D eigenvalue weighted by atomic mass is 19.1. The third-order valence-electron chi connectivity index (χ3n) is 6.03. The van der Waals surface area contributed by atoms with E-state index in [1.807, 2.05) is 22.3 Å². The number of aromatic nitrogens is 2. The molecule has 0 saturated carbocycles. The van der Waals surface area contributed by atoms with E-state index in [9.17, 15) is 14.7 Å². The van der Waals surface area contributed by atoms with Gasteiger partial charge in [0.05, 0.1) is 5.56 Å². The molecule has 3 aromatic rings. The average Bonchev–Trinajstić information content (AvgIpc) is 2.88. The number of aromatic carboxylic acids is 1. The van der Waals surface area contributed by atoms with E-state index in [-0.39, 0.29) is 23.7 Å². The maximum absolute atomic E-state index is 15.0. The number of nitrogens with zero attached hydrogens (tertiary/aromatic N) is 3. The SMILES string of the molecule is N=C(N)NC(=O)OCc1cccc(-c2cnc(N3CCC(c4ccccc4C(=O)O)CC3)nc2)c1F. The number of guanidine groups is 1. The van der Waals surface area contributed by atoms with Gasteiger partial charge < -0.3 is 20.5 Å². The highest BCUT2D eigenvalue weighted by molar-refractivity contribution is 5.91. The molecule has 1 aromatic heterocycles. The third-order valence-corrected chi connectivity index (χ3v) is 6.03. The molecule has 1 aliphatic heterocycles. The van der Waals surface area contributed by atoms with Crippen molar-refractivity contribution in [1.29, 1.82) is 5.41 Å². The smallest absolute Gasteiger partial charge is 0.414 e. The molecule has 0 spiro atoms. The fourth-order valence-electron chi connectivity index (χ4n) is 4.27. The van der Waals surface area contributed by atoms with Crippen molar-refractivity contribution in [2.75, 3.05) is 18.0 Å². The molecule has 1 saturated heterocycles. The molecule has 1 aliphatic rings. The molecule has 0 aliphatic carbocycles. The Bertz CT molecular complexity index is 1280. The summed E-state index contributed by atoms with van der Waals surface area (Å²) in [5.74, 6) is -1.40. The van der Waals surface area contributed by atoms with Gasteiger partial charge in [0.1, 0.15) is 12.4 Å². The molecule has 0 unspecified atom stereocenters. The van der Waals surface area contributed by atoms with Gasteiger partial charge in [-0.15, -0.1) is 0 Å². The minimum Gasteiger partial charge on any atom is -0.478 e. The number of piperidine rings is 1. The number of halogens is 1. The van der Waals surface area contributed by atoms with Crippen LogP contribution in [0, 0.1) is 11.2 Å². The van der Waals surface area contributed by atoms with Crippen molar-refractivity contribution in [3.63, 3.8) is 0 Å². The Balaban J connectivity index is 1.41. The number of nitrogens with two attached hydrogens (primary N) is 1. The number of anilines is 1. The summed E-state index contributed by atoms with van der Waals surface area (Å²) in [7, 11) is 0. The summed E-state index contributed by atoms with van der Waals surface area (Å²) in [5.41, 5.74) is 7.14. The molecule has 36 heavy (non-hydrogen) atoms. The second kappa shape index (κ2) is 10.8. The van der Waals surface area contributed by atoms with E-state index < -0.39 is 23.8 Å². The number of nitrogens with one attached hydrogen (secondary N) is 2. The van der Waals surface area contributed by atoms with Gasteiger partial charge in [0.2, 0.25) is 5.95 Å². The lowest BCUT2D eigenvalue weighted by atomic mass is 9.86. The Morgan fingerprint density at radius 2 is 1.83 bits per heavy atom. The first-order valence-corrected chi connectivity index (χ1v) is 11.3. The average molecular weight is 493 g/mol. The van der Waals surface area contributed by atoms with Crippen LogP contribution < -0.4 is 16.0 Å². The van der Waals surface area contributed by atoms with Crippen molar-refractivity contribution < 1.29 is 23.8 Å². The number of alkyl carbamates (subject to hydrolysis) is 1. The molecule has 10 nitrogen and oxygen atoms in total. The summed E-state index contributed by atoms with van der Waals surface area (Å²) in [6.07, 6.45) is 3.67. The van der Waals surface area contributed by atoms with Crippen molar-refractivity contribution >= 4 is 24.0 Å². The van der Waals surface area contributed by atoms with Crippen LogP contribution in [0.4, 0.5) is 15.1 Å². The highest BCUT2D eigenvalue weighted by Gasteiger charge is 2.25. The van der Waals surface area contributed by atoms with E-state index in [1.54, 1.807) is 36.7 Å². The fourth-order valence-corrected chi connectivity index (χ4v) is 4.27. The van der Waals surface area contributed by atoms with Crippen molar-refractivity contribution in [2.45, 2.75) is 25.4 Å². The summed E-state index contributed by atoms with van der Waals surface area (Å²) in [4.78, 5) is 33.9. The predicted molar refractivity (Wildman–Crippen MR) is 130 cm³/mol. The summed E-state index contributed by atoms with van der Waals surface area (Å²) < 4.78 is 19.9. The monoisotopic (exact) mass is 492 g/mol. The molecule has 5 N–H and O–H groups in total. The van der Waals surface area contributed by atoms with Gasteiger partial charge in [-0.25, -0.2) is 23.9 Å². The minimum atomic E-state index is -0.949. The van der Waals surface area contributed by atoms with Gasteiger partial charge in [0.15, 0.2) is 5.96 Å². The van der Waals surface area contributed by atoms with Crippen molar-refractivity contribution in [1.82, 2.24) is 15.3 Å². The quantitative estimate of drug-likeness (QED) is 0.301. The second-order valence-electron chi connectivity index (χ2n) is 8.32. The summed E-state index contributed by atoms with van der Waals surface area (Å²) in [5, 5.41) is 18.5. The van der Waals surface area contributed by atoms with Crippen molar-refractivity contribution in [3.05, 3.63) is 77.4 Å². The van der Waals surface area contributed by atoms with Crippen LogP contribution in [-0.2, 0) is 11.3 Å². The normalized spacial score (nSPS) is 13.8. The number of carboxylic acids is 1. The van der Waals surface area contributed by atoms with Gasteiger partial charge in [-0.1, -0.05) is 36.4 Å². The molecule has 11 heteroatoms. The zero-order valence-electron chi connectivity index (χ0n) is 19.3. The number of carbonyl (C=O) groups excluding carboxylic acids is 1. The maximum atomic E-state index is 15.0. The molecule has 1 fully saturated rings. The number of benzene rings is 2. The van der Waals surface area contributed by atoms with Gasteiger partial charge in [0.25, 0.3) is 0 Å². The van der Waals surface area contributed by atoms with E-state index in [4.69, 9.17) is 15.9 Å². The molecule has 4 rings (SSSR count). The number of amides is 1.